The molecule has 0 unspecified atom stereocenters. The van der Waals surface area contributed by atoms with E-state index >= 15 is 0 Å². The Balaban J connectivity index is 1.96. The molecule has 2 aromatic carbocycles. The first-order chi connectivity index (χ1) is 9.43. The number of hydrogen-bond donors (Lipinski definition) is 1. The molecule has 19 heavy (non-hydrogen) atoms. The van der Waals surface area contributed by atoms with Crippen molar-refractivity contribution in [2.24, 2.45) is 0 Å². The van der Waals surface area contributed by atoms with E-state index in [0.717, 1.165) is 5.72 Å². The first-order valence-electron chi connectivity index (χ1n) is 6.37. The minimum atomic E-state index is 0.216. The number of aromatic amines is 1. The minimum absolute atomic E-state index is 0.216. The maximum absolute atomic E-state index is 4.30. The molecular formula is C16H14BN2. The van der Waals surface area contributed by atoms with Crippen molar-refractivity contribution in [3.8, 4) is 0 Å². The lowest BCUT2D eigenvalue weighted by Crippen LogP contribution is -2.26. The highest BCUT2D eigenvalue weighted by molar-refractivity contribution is 6.53. The molecule has 0 fully saturated rings. The van der Waals surface area contributed by atoms with E-state index in [2.05, 4.69) is 65.8 Å². The molecule has 1 radical (unpaired) electrons. The van der Waals surface area contributed by atoms with E-state index in [1.807, 2.05) is 18.3 Å². The second-order valence-corrected chi connectivity index (χ2v) is 4.44. The van der Waals surface area contributed by atoms with Gasteiger partial charge in [0.25, 0.3) is 0 Å². The lowest BCUT2D eigenvalue weighted by atomic mass is 9.58. The lowest BCUT2D eigenvalue weighted by molar-refractivity contribution is 1.12. The van der Waals surface area contributed by atoms with E-state index in [9.17, 15) is 0 Å². The average Bonchev–Trinajstić information content (AvgIpc) is 3.00. The SMILES string of the molecule is [B](c1ncc[nH]1)C(c1ccccc1)c1ccccc1. The third kappa shape index (κ3) is 2.76. The zero-order chi connectivity index (χ0) is 12.9. The molecule has 1 heterocycles. The third-order valence-corrected chi connectivity index (χ3v) is 3.16. The van der Waals surface area contributed by atoms with Crippen LogP contribution in [0.25, 0.3) is 0 Å². The summed E-state index contributed by atoms with van der Waals surface area (Å²) in [6.07, 6.45) is 3.62. The Labute approximate surface area is 113 Å². The largest absolute Gasteiger partial charge is 0.357 e. The van der Waals surface area contributed by atoms with Crippen LogP contribution in [0.5, 0.6) is 0 Å². The number of aromatic nitrogens is 2. The van der Waals surface area contributed by atoms with E-state index in [-0.39, 0.29) is 5.82 Å². The predicted octanol–water partition coefficient (Wildman–Crippen LogP) is 2.53. The summed E-state index contributed by atoms with van der Waals surface area (Å²) in [6.45, 7) is 0. The van der Waals surface area contributed by atoms with Gasteiger partial charge >= 0.3 is 0 Å². The zero-order valence-corrected chi connectivity index (χ0v) is 10.5. The molecule has 2 nitrogen and oxygen atoms in total. The fourth-order valence-electron chi connectivity index (χ4n) is 2.23. The Morgan fingerprint density at radius 1 is 0.842 bits per heavy atom. The van der Waals surface area contributed by atoms with E-state index in [4.69, 9.17) is 0 Å². The predicted molar refractivity (Wildman–Crippen MR) is 78.7 cm³/mol. The molecule has 0 saturated heterocycles. The Morgan fingerprint density at radius 3 is 1.89 bits per heavy atom. The van der Waals surface area contributed by atoms with E-state index in [0.29, 0.717) is 0 Å². The van der Waals surface area contributed by atoms with Crippen molar-refractivity contribution in [2.45, 2.75) is 5.82 Å². The number of benzene rings is 2. The van der Waals surface area contributed by atoms with Gasteiger partial charge in [-0.1, -0.05) is 60.7 Å². The van der Waals surface area contributed by atoms with Crippen LogP contribution in [-0.2, 0) is 0 Å². The molecule has 3 rings (SSSR count). The van der Waals surface area contributed by atoms with Gasteiger partial charge in [0.15, 0.2) is 0 Å². The smallest absolute Gasteiger partial charge is 0.215 e. The molecule has 0 aliphatic carbocycles. The van der Waals surface area contributed by atoms with Gasteiger partial charge in [0, 0.05) is 12.4 Å². The zero-order valence-electron chi connectivity index (χ0n) is 10.5. The Morgan fingerprint density at radius 2 is 1.42 bits per heavy atom. The van der Waals surface area contributed by atoms with Gasteiger partial charge in [0.05, 0.1) is 5.72 Å². The first kappa shape index (κ1) is 11.8. The van der Waals surface area contributed by atoms with Crippen LogP contribution in [0.2, 0.25) is 0 Å². The Hall–Kier alpha value is -2.29. The van der Waals surface area contributed by atoms with Gasteiger partial charge in [-0.3, -0.25) is 4.98 Å². The maximum Gasteiger partial charge on any atom is 0.215 e. The standard InChI is InChI=1S/C16H14BN2/c1-3-7-13(8-4-1)15(14-9-5-2-6-10-14)17-16-18-11-12-19-16/h1-12,15H,(H,18,19). The number of nitrogens with zero attached hydrogens (tertiary/aromatic N) is 1. The molecule has 0 saturated carbocycles. The number of nitrogens with one attached hydrogen (secondary N) is 1. The fourth-order valence-corrected chi connectivity index (χ4v) is 2.23. The normalized spacial score (nSPS) is 10.6. The van der Waals surface area contributed by atoms with E-state index < -0.39 is 0 Å². The molecule has 0 spiro atoms. The van der Waals surface area contributed by atoms with Crippen molar-refractivity contribution in [2.75, 3.05) is 0 Å². The topological polar surface area (TPSA) is 28.7 Å². The second-order valence-electron chi connectivity index (χ2n) is 4.44. The van der Waals surface area contributed by atoms with Crippen LogP contribution >= 0.6 is 0 Å². The van der Waals surface area contributed by atoms with Crippen molar-refractivity contribution >= 4 is 13.0 Å². The summed E-state index contributed by atoms with van der Waals surface area (Å²) >= 11 is 0. The summed E-state index contributed by atoms with van der Waals surface area (Å²) in [5, 5.41) is 0. The van der Waals surface area contributed by atoms with Gasteiger partial charge in [-0.15, -0.1) is 0 Å². The van der Waals surface area contributed by atoms with E-state index in [1.54, 1.807) is 6.20 Å². The van der Waals surface area contributed by atoms with Crippen LogP contribution in [0.15, 0.2) is 73.1 Å². The molecule has 0 atom stereocenters. The third-order valence-electron chi connectivity index (χ3n) is 3.16. The summed E-state index contributed by atoms with van der Waals surface area (Å²) in [6, 6.07) is 21.0. The average molecular weight is 245 g/mol. The van der Waals surface area contributed by atoms with Crippen LogP contribution in [0.3, 0.4) is 0 Å². The van der Waals surface area contributed by atoms with Crippen LogP contribution in [-0.4, -0.2) is 17.2 Å². The summed E-state index contributed by atoms with van der Waals surface area (Å²) in [7, 11) is 2.16. The molecule has 0 aliphatic rings. The van der Waals surface area contributed by atoms with Crippen molar-refractivity contribution in [3.63, 3.8) is 0 Å². The number of imidazole rings is 1. The summed E-state index contributed by atoms with van der Waals surface area (Å²) in [5.74, 6) is 0.216. The molecular weight excluding hydrogens is 231 g/mol. The highest BCUT2D eigenvalue weighted by atomic mass is 14.9. The number of hydrogen-bond acceptors (Lipinski definition) is 1. The van der Waals surface area contributed by atoms with Crippen LogP contribution in [0.1, 0.15) is 16.9 Å². The number of H-pyrrole nitrogens is 1. The van der Waals surface area contributed by atoms with Crippen molar-refractivity contribution in [1.82, 2.24) is 9.97 Å². The van der Waals surface area contributed by atoms with Gasteiger partial charge in [-0.25, -0.2) is 0 Å². The Kier molecular flexibility index (Phi) is 3.46. The maximum atomic E-state index is 4.30. The van der Waals surface area contributed by atoms with E-state index in [1.165, 1.54) is 11.1 Å². The van der Waals surface area contributed by atoms with Gasteiger partial charge in [-0.05, 0) is 16.9 Å². The van der Waals surface area contributed by atoms with Gasteiger partial charge < -0.3 is 4.98 Å². The summed E-state index contributed by atoms with van der Waals surface area (Å²) in [4.78, 5) is 7.44. The molecule has 0 aliphatic heterocycles. The molecule has 0 amide bonds. The first-order valence-corrected chi connectivity index (χ1v) is 6.37. The van der Waals surface area contributed by atoms with Crippen molar-refractivity contribution in [1.29, 1.82) is 0 Å². The molecule has 1 aromatic heterocycles. The van der Waals surface area contributed by atoms with Crippen molar-refractivity contribution < 1.29 is 0 Å². The van der Waals surface area contributed by atoms with Gasteiger partial charge in [0.1, 0.15) is 0 Å². The highest BCUT2D eigenvalue weighted by Crippen LogP contribution is 2.22. The molecule has 3 aromatic rings. The molecule has 91 valence electrons. The minimum Gasteiger partial charge on any atom is -0.357 e. The Bertz CT molecular complexity index is 566. The monoisotopic (exact) mass is 245 g/mol. The second kappa shape index (κ2) is 5.57. The molecule has 0 bridgehead atoms. The highest BCUT2D eigenvalue weighted by Gasteiger charge is 2.17. The molecule has 1 N–H and O–H groups in total. The van der Waals surface area contributed by atoms with Gasteiger partial charge in [-0.2, -0.15) is 0 Å². The van der Waals surface area contributed by atoms with Crippen molar-refractivity contribution in [3.05, 3.63) is 84.2 Å². The quantitative estimate of drug-likeness (QED) is 0.703. The van der Waals surface area contributed by atoms with Crippen LogP contribution in [0.4, 0.5) is 0 Å². The summed E-state index contributed by atoms with van der Waals surface area (Å²) in [5.41, 5.74) is 3.44. The van der Waals surface area contributed by atoms with Gasteiger partial charge in [0.2, 0.25) is 7.28 Å². The lowest BCUT2D eigenvalue weighted by Gasteiger charge is -2.16. The van der Waals surface area contributed by atoms with Crippen LogP contribution < -0.4 is 5.72 Å². The fraction of sp³-hybridized carbons (Fsp3) is 0.0625. The van der Waals surface area contributed by atoms with Crippen LogP contribution in [0, 0.1) is 0 Å². The number of rotatable bonds is 4. The summed E-state index contributed by atoms with van der Waals surface area (Å²) < 4.78 is 0. The molecule has 3 heteroatoms.